The molecule has 0 aliphatic heterocycles. The first-order valence-corrected chi connectivity index (χ1v) is 6.95. The molecule has 1 heterocycles. The highest BCUT2D eigenvalue weighted by atomic mass is 32.2. The summed E-state index contributed by atoms with van der Waals surface area (Å²) in [5.41, 5.74) is 0.991. The maximum Gasteiger partial charge on any atom is 0.251 e. The standard InChI is InChI=1S/C14H14N2O3S/c1-9-6-13(18)16-14(15-9)20-8-12(17)10-4-3-5-11(7-10)19-2/h3-7H,8H2,1-2H3,(H,15,16,18). The largest absolute Gasteiger partial charge is 0.497 e. The lowest BCUT2D eigenvalue weighted by Crippen LogP contribution is -2.10. The van der Waals surface area contributed by atoms with Crippen LogP contribution < -0.4 is 10.3 Å². The Labute approximate surface area is 120 Å². The number of ether oxygens (including phenoxy) is 1. The van der Waals surface area contributed by atoms with E-state index in [1.807, 2.05) is 0 Å². The minimum absolute atomic E-state index is 0.0435. The molecule has 20 heavy (non-hydrogen) atoms. The van der Waals surface area contributed by atoms with E-state index in [1.165, 1.54) is 17.8 Å². The summed E-state index contributed by atoms with van der Waals surface area (Å²) >= 11 is 1.21. The summed E-state index contributed by atoms with van der Waals surface area (Å²) in [5, 5.41) is 0.450. The third-order valence-electron chi connectivity index (χ3n) is 2.58. The predicted molar refractivity (Wildman–Crippen MR) is 77.6 cm³/mol. The molecule has 0 bridgehead atoms. The summed E-state index contributed by atoms with van der Waals surface area (Å²) in [7, 11) is 1.56. The number of carbonyl (C=O) groups is 1. The van der Waals surface area contributed by atoms with E-state index in [1.54, 1.807) is 38.3 Å². The first kappa shape index (κ1) is 14.3. The molecule has 0 fully saturated rings. The fourth-order valence-corrected chi connectivity index (χ4v) is 2.45. The normalized spacial score (nSPS) is 10.3. The molecule has 1 N–H and O–H groups in total. The van der Waals surface area contributed by atoms with Crippen molar-refractivity contribution in [2.24, 2.45) is 0 Å². The Hall–Kier alpha value is -2.08. The van der Waals surface area contributed by atoms with Crippen LogP contribution in [-0.4, -0.2) is 28.6 Å². The average molecular weight is 290 g/mol. The van der Waals surface area contributed by atoms with Gasteiger partial charge in [0.1, 0.15) is 5.75 Å². The van der Waals surface area contributed by atoms with E-state index in [0.717, 1.165) is 0 Å². The number of H-pyrrole nitrogens is 1. The smallest absolute Gasteiger partial charge is 0.251 e. The van der Waals surface area contributed by atoms with Crippen LogP contribution in [0.4, 0.5) is 0 Å². The third kappa shape index (κ3) is 3.71. The third-order valence-corrected chi connectivity index (χ3v) is 3.45. The number of nitrogens with zero attached hydrogens (tertiary/aromatic N) is 1. The van der Waals surface area contributed by atoms with E-state index in [9.17, 15) is 9.59 Å². The van der Waals surface area contributed by atoms with Gasteiger partial charge in [0.05, 0.1) is 12.9 Å². The number of methoxy groups -OCH3 is 1. The topological polar surface area (TPSA) is 72.0 Å². The fraction of sp³-hybridized carbons (Fsp3) is 0.214. The maximum atomic E-state index is 12.1. The van der Waals surface area contributed by atoms with Gasteiger partial charge in [-0.15, -0.1) is 0 Å². The first-order chi connectivity index (χ1) is 9.58. The number of nitrogens with one attached hydrogen (secondary N) is 1. The van der Waals surface area contributed by atoms with Crippen LogP contribution in [0.1, 0.15) is 16.1 Å². The molecule has 0 amide bonds. The fourth-order valence-electron chi connectivity index (χ4n) is 1.63. The molecule has 5 nitrogen and oxygen atoms in total. The van der Waals surface area contributed by atoms with Crippen LogP contribution in [0, 0.1) is 6.92 Å². The molecule has 0 aliphatic carbocycles. The molecule has 0 unspecified atom stereocenters. The number of rotatable bonds is 5. The average Bonchev–Trinajstić information content (AvgIpc) is 2.44. The predicted octanol–water partition coefficient (Wildman–Crippen LogP) is 2.06. The maximum absolute atomic E-state index is 12.1. The summed E-state index contributed by atoms with van der Waals surface area (Å²) < 4.78 is 5.08. The lowest BCUT2D eigenvalue weighted by molar-refractivity contribution is 0.102. The van der Waals surface area contributed by atoms with Crippen LogP contribution in [0.2, 0.25) is 0 Å². The van der Waals surface area contributed by atoms with Crippen molar-refractivity contribution in [3.05, 3.63) is 51.9 Å². The molecule has 0 spiro atoms. The second-order valence-corrected chi connectivity index (χ2v) is 5.10. The molecule has 2 aromatic rings. The van der Waals surface area contributed by atoms with Crippen LogP contribution in [0.15, 0.2) is 40.3 Å². The number of carbonyl (C=O) groups excluding carboxylic acids is 1. The molecular weight excluding hydrogens is 276 g/mol. The van der Waals surface area contributed by atoms with E-state index in [2.05, 4.69) is 9.97 Å². The van der Waals surface area contributed by atoms with Gasteiger partial charge >= 0.3 is 0 Å². The lowest BCUT2D eigenvalue weighted by atomic mass is 10.1. The van der Waals surface area contributed by atoms with Crippen LogP contribution in [0.3, 0.4) is 0 Å². The lowest BCUT2D eigenvalue weighted by Gasteiger charge is -2.04. The molecule has 6 heteroatoms. The van der Waals surface area contributed by atoms with Crippen LogP contribution in [-0.2, 0) is 0 Å². The van der Waals surface area contributed by atoms with Crippen molar-refractivity contribution >= 4 is 17.5 Å². The summed E-state index contributed by atoms with van der Waals surface area (Å²) in [4.78, 5) is 30.1. The molecule has 0 radical (unpaired) electrons. The molecular formula is C14H14N2O3S. The molecule has 2 rings (SSSR count). The minimum atomic E-state index is -0.214. The quantitative estimate of drug-likeness (QED) is 0.518. The zero-order valence-electron chi connectivity index (χ0n) is 11.2. The van der Waals surface area contributed by atoms with Crippen molar-refractivity contribution in [3.8, 4) is 5.75 Å². The Balaban J connectivity index is 2.06. The number of aromatic nitrogens is 2. The molecule has 0 aliphatic rings. The van der Waals surface area contributed by atoms with Gasteiger partial charge in [-0.1, -0.05) is 23.9 Å². The van der Waals surface area contributed by atoms with Crippen LogP contribution in [0.25, 0.3) is 0 Å². The highest BCUT2D eigenvalue weighted by Crippen LogP contribution is 2.17. The van der Waals surface area contributed by atoms with Gasteiger partial charge in [-0.25, -0.2) is 4.98 Å². The number of hydrogen-bond donors (Lipinski definition) is 1. The van der Waals surface area contributed by atoms with E-state index in [0.29, 0.717) is 22.2 Å². The number of ketones is 1. The molecule has 104 valence electrons. The van der Waals surface area contributed by atoms with Crippen LogP contribution >= 0.6 is 11.8 Å². The Bertz CT molecular complexity index is 682. The van der Waals surface area contributed by atoms with Gasteiger partial charge in [0.2, 0.25) is 0 Å². The molecule has 0 saturated carbocycles. The van der Waals surface area contributed by atoms with Gasteiger partial charge < -0.3 is 9.72 Å². The van der Waals surface area contributed by atoms with E-state index in [-0.39, 0.29) is 17.1 Å². The van der Waals surface area contributed by atoms with Gasteiger partial charge in [-0.3, -0.25) is 9.59 Å². The molecule has 0 atom stereocenters. The number of thioether (sulfide) groups is 1. The molecule has 1 aromatic heterocycles. The summed E-state index contributed by atoms with van der Waals surface area (Å²) in [5.74, 6) is 0.806. The monoisotopic (exact) mass is 290 g/mol. The van der Waals surface area contributed by atoms with E-state index >= 15 is 0 Å². The highest BCUT2D eigenvalue weighted by molar-refractivity contribution is 7.99. The zero-order valence-corrected chi connectivity index (χ0v) is 12.0. The summed E-state index contributed by atoms with van der Waals surface area (Å²) in [6.45, 7) is 1.74. The van der Waals surface area contributed by atoms with Gasteiger partial charge in [-0.2, -0.15) is 0 Å². The van der Waals surface area contributed by atoms with Crippen molar-refractivity contribution in [2.75, 3.05) is 12.9 Å². The Morgan fingerprint density at radius 2 is 2.20 bits per heavy atom. The highest BCUT2D eigenvalue weighted by Gasteiger charge is 2.09. The van der Waals surface area contributed by atoms with Gasteiger partial charge in [-0.05, 0) is 19.1 Å². The molecule has 1 aromatic carbocycles. The summed E-state index contributed by atoms with van der Waals surface area (Å²) in [6.07, 6.45) is 0. The van der Waals surface area contributed by atoms with E-state index in [4.69, 9.17) is 4.74 Å². The Kier molecular flexibility index (Phi) is 4.57. The van der Waals surface area contributed by atoms with Gasteiger partial charge in [0, 0.05) is 17.3 Å². The minimum Gasteiger partial charge on any atom is -0.497 e. The first-order valence-electron chi connectivity index (χ1n) is 5.96. The number of benzene rings is 1. The van der Waals surface area contributed by atoms with Crippen molar-refractivity contribution in [2.45, 2.75) is 12.1 Å². The van der Waals surface area contributed by atoms with E-state index < -0.39 is 0 Å². The Morgan fingerprint density at radius 3 is 2.90 bits per heavy atom. The SMILES string of the molecule is COc1cccc(C(=O)CSc2nc(C)cc(=O)[nH]2)c1. The number of aryl methyl sites for hydroxylation is 1. The number of Topliss-reactive ketones (excluding diaryl/α,β-unsaturated/α-hetero) is 1. The van der Waals surface area contributed by atoms with Crippen LogP contribution in [0.5, 0.6) is 5.75 Å². The van der Waals surface area contributed by atoms with Crippen molar-refractivity contribution in [1.29, 1.82) is 0 Å². The van der Waals surface area contributed by atoms with Gasteiger partial charge in [0.25, 0.3) is 5.56 Å². The zero-order chi connectivity index (χ0) is 14.5. The van der Waals surface area contributed by atoms with Crippen molar-refractivity contribution in [3.63, 3.8) is 0 Å². The Morgan fingerprint density at radius 1 is 1.40 bits per heavy atom. The number of aromatic amines is 1. The second kappa shape index (κ2) is 6.38. The van der Waals surface area contributed by atoms with Crippen molar-refractivity contribution in [1.82, 2.24) is 9.97 Å². The number of hydrogen-bond acceptors (Lipinski definition) is 5. The van der Waals surface area contributed by atoms with Crippen molar-refractivity contribution < 1.29 is 9.53 Å². The molecule has 0 saturated heterocycles. The van der Waals surface area contributed by atoms with Gasteiger partial charge in [0.15, 0.2) is 10.9 Å². The second-order valence-electron chi connectivity index (χ2n) is 4.14. The summed E-state index contributed by atoms with van der Waals surface area (Å²) in [6, 6.07) is 8.38.